The van der Waals surface area contributed by atoms with Crippen molar-refractivity contribution in [2.45, 2.75) is 72.6 Å². The molecule has 0 atom stereocenters. The van der Waals surface area contributed by atoms with Crippen molar-refractivity contribution in [3.63, 3.8) is 0 Å². The van der Waals surface area contributed by atoms with E-state index in [0.717, 1.165) is 0 Å². The highest BCUT2D eigenvalue weighted by Gasteiger charge is 2.31. The van der Waals surface area contributed by atoms with Crippen molar-refractivity contribution in [2.24, 2.45) is 5.41 Å². The van der Waals surface area contributed by atoms with Crippen molar-refractivity contribution in [3.05, 3.63) is 34.4 Å². The minimum absolute atomic E-state index is 0.0776. The van der Waals surface area contributed by atoms with Crippen LogP contribution >= 0.6 is 0 Å². The lowest BCUT2D eigenvalue weighted by Crippen LogP contribution is -2.42. The van der Waals surface area contributed by atoms with E-state index in [-0.39, 0.29) is 24.3 Å². The quantitative estimate of drug-likeness (QED) is 0.617. The molecule has 9 heteroatoms. The lowest BCUT2D eigenvalue weighted by Gasteiger charge is -2.33. The minimum atomic E-state index is -0.698. The molecule has 1 aliphatic heterocycles. The van der Waals surface area contributed by atoms with Gasteiger partial charge in [0.1, 0.15) is 17.2 Å². The number of piperidine rings is 1. The first kappa shape index (κ1) is 25.5. The largest absolute Gasteiger partial charge is 0.497 e. The first-order chi connectivity index (χ1) is 15.8. The number of hydrogen-bond acceptors (Lipinski definition) is 7. The molecule has 0 unspecified atom stereocenters. The zero-order chi connectivity index (χ0) is 25.3. The molecule has 3 rings (SSSR count). The Bertz CT molecular complexity index is 1120. The maximum atomic E-state index is 13.4. The van der Waals surface area contributed by atoms with Crippen LogP contribution in [0.15, 0.2) is 23.0 Å². The monoisotopic (exact) mass is 473 g/mol. The third-order valence-electron chi connectivity index (χ3n) is 5.64. The van der Waals surface area contributed by atoms with E-state index >= 15 is 0 Å². The lowest BCUT2D eigenvalue weighted by atomic mass is 9.95. The summed E-state index contributed by atoms with van der Waals surface area (Å²) in [7, 11) is 1.53. The molecule has 1 aromatic heterocycles. The number of nitrogens with zero attached hydrogens (tertiary/aromatic N) is 3. The summed E-state index contributed by atoms with van der Waals surface area (Å²) in [5, 5.41) is 0.390. The van der Waals surface area contributed by atoms with Crippen LogP contribution in [0.4, 0.5) is 4.79 Å². The van der Waals surface area contributed by atoms with Crippen LogP contribution in [0.3, 0.4) is 0 Å². The Morgan fingerprint density at radius 1 is 1.09 bits per heavy atom. The van der Waals surface area contributed by atoms with Gasteiger partial charge in [-0.3, -0.25) is 14.2 Å². The van der Waals surface area contributed by atoms with E-state index in [1.165, 1.54) is 11.7 Å². The van der Waals surface area contributed by atoms with Gasteiger partial charge in [-0.25, -0.2) is 9.78 Å². The zero-order valence-corrected chi connectivity index (χ0v) is 21.1. The summed E-state index contributed by atoms with van der Waals surface area (Å²) in [6, 6.07) is 5.15. The molecule has 0 spiro atoms. The second-order valence-electron chi connectivity index (χ2n) is 10.6. The molecule has 0 saturated carbocycles. The third-order valence-corrected chi connectivity index (χ3v) is 5.64. The fourth-order valence-corrected chi connectivity index (χ4v) is 3.77. The minimum Gasteiger partial charge on any atom is -0.497 e. The Balaban J connectivity index is 1.92. The first-order valence-electron chi connectivity index (χ1n) is 11.5. The van der Waals surface area contributed by atoms with Crippen molar-refractivity contribution < 1.29 is 23.8 Å². The van der Waals surface area contributed by atoms with Gasteiger partial charge in [0.2, 0.25) is 0 Å². The van der Waals surface area contributed by atoms with Crippen molar-refractivity contribution in [3.8, 4) is 5.75 Å². The highest BCUT2D eigenvalue weighted by Crippen LogP contribution is 2.29. The SMILES string of the molecule is COc1ccc2nc(C3CCN(C(=O)OC(C)(C)C)CC3)n(COC(=O)C(C)(C)C)c(=O)c2c1. The van der Waals surface area contributed by atoms with E-state index in [1.807, 2.05) is 20.8 Å². The number of methoxy groups -OCH3 is 1. The second-order valence-corrected chi connectivity index (χ2v) is 10.6. The lowest BCUT2D eigenvalue weighted by molar-refractivity contribution is -0.157. The zero-order valence-electron chi connectivity index (χ0n) is 21.1. The maximum absolute atomic E-state index is 13.4. The highest BCUT2D eigenvalue weighted by atomic mass is 16.6. The van der Waals surface area contributed by atoms with Crippen LogP contribution < -0.4 is 10.3 Å². The van der Waals surface area contributed by atoms with Gasteiger partial charge >= 0.3 is 12.1 Å². The number of likely N-dealkylation sites (tertiary alicyclic amines) is 1. The number of benzene rings is 1. The van der Waals surface area contributed by atoms with Gasteiger partial charge in [-0.05, 0) is 72.6 Å². The van der Waals surface area contributed by atoms with Crippen LogP contribution in [0.25, 0.3) is 10.9 Å². The molecule has 0 radical (unpaired) electrons. The van der Waals surface area contributed by atoms with Crippen LogP contribution in [0, 0.1) is 5.41 Å². The second kappa shape index (κ2) is 9.64. The molecule has 1 aromatic carbocycles. The summed E-state index contributed by atoms with van der Waals surface area (Å²) >= 11 is 0. The molecule has 0 aliphatic carbocycles. The van der Waals surface area contributed by atoms with E-state index in [2.05, 4.69) is 0 Å². The van der Waals surface area contributed by atoms with E-state index in [9.17, 15) is 14.4 Å². The molecule has 9 nitrogen and oxygen atoms in total. The number of esters is 1. The Kier molecular flexibility index (Phi) is 7.24. The number of carbonyl (C=O) groups is 2. The molecule has 1 amide bonds. The molecular weight excluding hydrogens is 438 g/mol. The Morgan fingerprint density at radius 2 is 1.74 bits per heavy atom. The number of carbonyl (C=O) groups excluding carboxylic acids is 2. The molecule has 1 fully saturated rings. The van der Waals surface area contributed by atoms with Crippen LogP contribution in [-0.4, -0.2) is 52.3 Å². The van der Waals surface area contributed by atoms with E-state index < -0.39 is 17.0 Å². The maximum Gasteiger partial charge on any atom is 0.410 e. The molecule has 1 aliphatic rings. The topological polar surface area (TPSA) is 100.0 Å². The Labute approximate surface area is 200 Å². The number of hydrogen-bond donors (Lipinski definition) is 0. The van der Waals surface area contributed by atoms with Crippen LogP contribution in [0.1, 0.15) is 66.1 Å². The van der Waals surface area contributed by atoms with Gasteiger partial charge in [-0.1, -0.05) is 0 Å². The van der Waals surface area contributed by atoms with Gasteiger partial charge in [0.25, 0.3) is 5.56 Å². The fraction of sp³-hybridized carbons (Fsp3) is 0.600. The summed E-state index contributed by atoms with van der Waals surface area (Å²) in [6.45, 7) is 11.5. The summed E-state index contributed by atoms with van der Waals surface area (Å²) in [5.74, 6) is 0.610. The van der Waals surface area contributed by atoms with Gasteiger partial charge in [0.05, 0.1) is 23.4 Å². The van der Waals surface area contributed by atoms with Gasteiger partial charge in [-0.15, -0.1) is 0 Å². The number of ether oxygens (including phenoxy) is 3. The normalized spacial score (nSPS) is 15.3. The predicted octanol–water partition coefficient (Wildman–Crippen LogP) is 4.07. The van der Waals surface area contributed by atoms with E-state index in [1.54, 1.807) is 43.9 Å². The molecule has 2 aromatic rings. The molecule has 0 bridgehead atoms. The summed E-state index contributed by atoms with van der Waals surface area (Å²) < 4.78 is 17.7. The van der Waals surface area contributed by atoms with Gasteiger partial charge in [0, 0.05) is 19.0 Å². The highest BCUT2D eigenvalue weighted by molar-refractivity contribution is 5.79. The van der Waals surface area contributed by atoms with Crippen LogP contribution in [0.5, 0.6) is 5.75 Å². The number of rotatable bonds is 4. The van der Waals surface area contributed by atoms with Gasteiger partial charge in [0.15, 0.2) is 6.73 Å². The molecule has 1 saturated heterocycles. The average Bonchev–Trinajstić information content (AvgIpc) is 2.76. The number of aromatic nitrogens is 2. The summed E-state index contributed by atoms with van der Waals surface area (Å²) in [5.41, 5.74) is -1.01. The Hall–Kier alpha value is -3.10. The van der Waals surface area contributed by atoms with Gasteiger partial charge < -0.3 is 19.1 Å². The predicted molar refractivity (Wildman–Crippen MR) is 128 cm³/mol. The molecule has 34 heavy (non-hydrogen) atoms. The van der Waals surface area contributed by atoms with Crippen molar-refractivity contribution >= 4 is 23.0 Å². The molecular formula is C25H35N3O6. The van der Waals surface area contributed by atoms with Crippen LogP contribution in [-0.2, 0) is 21.0 Å². The molecule has 0 N–H and O–H groups in total. The number of fused-ring (bicyclic) bond motifs is 1. The first-order valence-corrected chi connectivity index (χ1v) is 11.5. The fourth-order valence-electron chi connectivity index (χ4n) is 3.77. The smallest absolute Gasteiger partial charge is 0.410 e. The van der Waals surface area contributed by atoms with E-state index in [4.69, 9.17) is 19.2 Å². The standard InChI is InChI=1S/C25H35N3O6/c1-24(2,3)22(30)33-15-28-20(26-19-9-8-17(32-7)14-18(19)21(28)29)16-10-12-27(13-11-16)23(31)34-25(4,5)6/h8-9,14,16H,10-13,15H2,1-7H3. The van der Waals surface area contributed by atoms with Crippen LogP contribution in [0.2, 0.25) is 0 Å². The van der Waals surface area contributed by atoms with Crippen molar-refractivity contribution in [1.29, 1.82) is 0 Å². The average molecular weight is 474 g/mol. The summed E-state index contributed by atoms with van der Waals surface area (Å²) in [4.78, 5) is 44.8. The molecule has 2 heterocycles. The van der Waals surface area contributed by atoms with Crippen molar-refractivity contribution in [2.75, 3.05) is 20.2 Å². The van der Waals surface area contributed by atoms with Crippen molar-refractivity contribution in [1.82, 2.24) is 14.5 Å². The Morgan fingerprint density at radius 3 is 2.29 bits per heavy atom. The summed E-state index contributed by atoms with van der Waals surface area (Å²) in [6.07, 6.45) is 0.877. The van der Waals surface area contributed by atoms with E-state index in [0.29, 0.717) is 48.4 Å². The number of amides is 1. The molecule has 186 valence electrons. The van der Waals surface area contributed by atoms with Gasteiger partial charge in [-0.2, -0.15) is 0 Å². The third kappa shape index (κ3) is 5.87.